The lowest BCUT2D eigenvalue weighted by molar-refractivity contribution is -0.121. The van der Waals surface area contributed by atoms with Crippen molar-refractivity contribution < 1.29 is 26.7 Å². The molecule has 3 N–H and O–H groups in total. The van der Waals surface area contributed by atoms with Gasteiger partial charge in [-0.25, -0.2) is 0 Å². The van der Waals surface area contributed by atoms with Crippen LogP contribution in [0.3, 0.4) is 0 Å². The maximum absolute atomic E-state index is 11.8. The fraction of sp³-hybridized carbons (Fsp3) is 0.333. The quantitative estimate of drug-likeness (QED) is 0.754. The Morgan fingerprint density at radius 3 is 2.17 bits per heavy atom. The van der Waals surface area contributed by atoms with Gasteiger partial charge in [0.2, 0.25) is 0 Å². The molecule has 9 heteroatoms. The maximum Gasteiger partial charge on any atom is 0.402 e. The molecule has 18 heavy (non-hydrogen) atoms. The molecule has 0 atom stereocenters. The third-order valence-corrected chi connectivity index (χ3v) is 2.88. The Morgan fingerprint density at radius 2 is 1.72 bits per heavy atom. The summed E-state index contributed by atoms with van der Waals surface area (Å²) in [5, 5.41) is 8.76. The second-order valence-electron chi connectivity index (χ2n) is 3.40. The second-order valence-corrected chi connectivity index (χ2v) is 4.90. The van der Waals surface area contributed by atoms with Gasteiger partial charge < -0.3 is 5.11 Å². The SMILES string of the molecule is O=S(=O)(NCC(F)(F)F)Nc1ccc(CO)cc1. The first-order valence-corrected chi connectivity index (χ1v) is 6.24. The van der Waals surface area contributed by atoms with Crippen molar-refractivity contribution in [2.24, 2.45) is 0 Å². The maximum atomic E-state index is 11.8. The Labute approximate surface area is 102 Å². The molecule has 0 radical (unpaired) electrons. The molecular weight excluding hydrogens is 273 g/mol. The molecule has 0 saturated heterocycles. The van der Waals surface area contributed by atoms with Gasteiger partial charge in [0.15, 0.2) is 0 Å². The number of hydrogen-bond acceptors (Lipinski definition) is 3. The van der Waals surface area contributed by atoms with Crippen LogP contribution in [0.4, 0.5) is 18.9 Å². The molecule has 0 aliphatic carbocycles. The summed E-state index contributed by atoms with van der Waals surface area (Å²) in [4.78, 5) is 0. The summed E-state index contributed by atoms with van der Waals surface area (Å²) in [5.74, 6) is 0. The van der Waals surface area contributed by atoms with Crippen molar-refractivity contribution >= 4 is 15.9 Å². The van der Waals surface area contributed by atoms with Gasteiger partial charge in [0.25, 0.3) is 10.2 Å². The van der Waals surface area contributed by atoms with E-state index in [1.807, 2.05) is 4.72 Å². The van der Waals surface area contributed by atoms with E-state index in [2.05, 4.69) is 0 Å². The first-order valence-electron chi connectivity index (χ1n) is 4.76. The number of alkyl halides is 3. The van der Waals surface area contributed by atoms with E-state index in [9.17, 15) is 21.6 Å². The number of nitrogens with one attached hydrogen (secondary N) is 2. The van der Waals surface area contributed by atoms with Crippen LogP contribution in [-0.4, -0.2) is 26.2 Å². The van der Waals surface area contributed by atoms with Gasteiger partial charge in [-0.3, -0.25) is 4.72 Å². The molecule has 1 rings (SSSR count). The number of anilines is 1. The van der Waals surface area contributed by atoms with Gasteiger partial charge in [-0.1, -0.05) is 12.1 Å². The standard InChI is InChI=1S/C9H11F3N2O3S/c10-9(11,12)6-13-18(16,17)14-8-3-1-7(5-15)2-4-8/h1-4,13-15H,5-6H2. The predicted octanol–water partition coefficient (Wildman–Crippen LogP) is 0.988. The number of rotatable bonds is 5. The van der Waals surface area contributed by atoms with Crippen molar-refractivity contribution in [3.8, 4) is 0 Å². The molecule has 0 saturated carbocycles. The lowest BCUT2D eigenvalue weighted by atomic mass is 10.2. The van der Waals surface area contributed by atoms with Gasteiger partial charge in [-0.2, -0.15) is 26.3 Å². The summed E-state index contributed by atoms with van der Waals surface area (Å²) in [5.41, 5.74) is 0.656. The van der Waals surface area contributed by atoms with Crippen LogP contribution in [0.25, 0.3) is 0 Å². The number of benzene rings is 1. The van der Waals surface area contributed by atoms with Crippen LogP contribution in [0.1, 0.15) is 5.56 Å². The third kappa shape index (κ3) is 5.34. The Bertz CT molecular complexity index is 485. The summed E-state index contributed by atoms with van der Waals surface area (Å²) < 4.78 is 61.3. The molecule has 0 heterocycles. The Hall–Kier alpha value is -1.32. The minimum absolute atomic E-state index is 0.0990. The average molecular weight is 284 g/mol. The molecule has 102 valence electrons. The summed E-state index contributed by atoms with van der Waals surface area (Å²) in [6.07, 6.45) is -4.62. The third-order valence-electron chi connectivity index (χ3n) is 1.85. The van der Waals surface area contributed by atoms with Crippen LogP contribution in [0.2, 0.25) is 0 Å². The van der Waals surface area contributed by atoms with E-state index < -0.39 is 22.9 Å². The van der Waals surface area contributed by atoms with Crippen molar-refractivity contribution in [2.45, 2.75) is 12.8 Å². The minimum atomic E-state index is -4.62. The van der Waals surface area contributed by atoms with Crippen molar-refractivity contribution in [3.63, 3.8) is 0 Å². The molecule has 1 aromatic carbocycles. The van der Waals surface area contributed by atoms with E-state index in [0.29, 0.717) is 5.56 Å². The highest BCUT2D eigenvalue weighted by molar-refractivity contribution is 7.90. The minimum Gasteiger partial charge on any atom is -0.392 e. The number of aliphatic hydroxyl groups excluding tert-OH is 1. The highest BCUT2D eigenvalue weighted by Crippen LogP contribution is 2.14. The monoisotopic (exact) mass is 284 g/mol. The summed E-state index contributed by atoms with van der Waals surface area (Å²) in [7, 11) is -4.27. The highest BCUT2D eigenvalue weighted by atomic mass is 32.2. The Balaban J connectivity index is 2.64. The fourth-order valence-corrected chi connectivity index (χ4v) is 1.92. The molecule has 0 spiro atoms. The molecule has 5 nitrogen and oxygen atoms in total. The van der Waals surface area contributed by atoms with Crippen LogP contribution in [0.15, 0.2) is 24.3 Å². The van der Waals surface area contributed by atoms with E-state index in [4.69, 9.17) is 5.11 Å². The molecule has 0 aromatic heterocycles. The van der Waals surface area contributed by atoms with E-state index in [1.54, 1.807) is 0 Å². The van der Waals surface area contributed by atoms with Crippen molar-refractivity contribution in [1.82, 2.24) is 4.72 Å². The second kappa shape index (κ2) is 5.55. The van der Waals surface area contributed by atoms with Crippen LogP contribution in [-0.2, 0) is 16.8 Å². The van der Waals surface area contributed by atoms with Gasteiger partial charge >= 0.3 is 6.18 Å². The van der Waals surface area contributed by atoms with E-state index in [-0.39, 0.29) is 12.3 Å². The molecule has 0 bridgehead atoms. The van der Waals surface area contributed by atoms with Gasteiger partial charge in [-0.05, 0) is 17.7 Å². The van der Waals surface area contributed by atoms with Crippen molar-refractivity contribution in [2.75, 3.05) is 11.3 Å². The average Bonchev–Trinajstić information content (AvgIpc) is 2.26. The lowest BCUT2D eigenvalue weighted by Crippen LogP contribution is -2.37. The van der Waals surface area contributed by atoms with Gasteiger partial charge in [0.1, 0.15) is 6.54 Å². The fourth-order valence-electron chi connectivity index (χ4n) is 1.05. The van der Waals surface area contributed by atoms with Gasteiger partial charge in [0, 0.05) is 5.69 Å². The summed E-state index contributed by atoms with van der Waals surface area (Å²) in [6.45, 7) is -1.85. The molecule has 0 aliphatic rings. The topological polar surface area (TPSA) is 78.4 Å². The zero-order valence-electron chi connectivity index (χ0n) is 9.03. The number of halogens is 3. The van der Waals surface area contributed by atoms with Crippen LogP contribution in [0, 0.1) is 0 Å². The van der Waals surface area contributed by atoms with Crippen molar-refractivity contribution in [3.05, 3.63) is 29.8 Å². The first kappa shape index (κ1) is 14.7. The molecule has 1 aromatic rings. The van der Waals surface area contributed by atoms with Gasteiger partial charge in [0.05, 0.1) is 6.61 Å². The molecule has 0 amide bonds. The number of aliphatic hydroxyl groups is 1. The summed E-state index contributed by atoms with van der Waals surface area (Å²) in [6, 6.07) is 5.56. The first-order chi connectivity index (χ1) is 8.22. The smallest absolute Gasteiger partial charge is 0.392 e. The molecule has 0 unspecified atom stereocenters. The van der Waals surface area contributed by atoms with Crippen LogP contribution < -0.4 is 9.44 Å². The number of hydrogen-bond donors (Lipinski definition) is 3. The zero-order chi connectivity index (χ0) is 13.8. The van der Waals surface area contributed by atoms with Crippen molar-refractivity contribution in [1.29, 1.82) is 0 Å². The van der Waals surface area contributed by atoms with Gasteiger partial charge in [-0.15, -0.1) is 0 Å². The summed E-state index contributed by atoms with van der Waals surface area (Å²) >= 11 is 0. The van der Waals surface area contributed by atoms with E-state index in [1.165, 1.54) is 29.0 Å². The van der Waals surface area contributed by atoms with Crippen LogP contribution >= 0.6 is 0 Å². The largest absolute Gasteiger partial charge is 0.402 e. The zero-order valence-corrected chi connectivity index (χ0v) is 9.85. The van der Waals surface area contributed by atoms with Crippen LogP contribution in [0.5, 0.6) is 0 Å². The van der Waals surface area contributed by atoms with E-state index in [0.717, 1.165) is 0 Å². The Morgan fingerprint density at radius 1 is 1.17 bits per heavy atom. The predicted molar refractivity (Wildman–Crippen MR) is 59.0 cm³/mol. The normalized spacial score (nSPS) is 12.4. The molecule has 0 aliphatic heterocycles. The molecule has 0 fully saturated rings. The highest BCUT2D eigenvalue weighted by Gasteiger charge is 2.29. The molecular formula is C9H11F3N2O3S. The van der Waals surface area contributed by atoms with E-state index >= 15 is 0 Å². The lowest BCUT2D eigenvalue weighted by Gasteiger charge is -2.11. The Kier molecular flexibility index (Phi) is 4.54.